The Morgan fingerprint density at radius 1 is 1.62 bits per heavy atom. The summed E-state index contributed by atoms with van der Waals surface area (Å²) in [5.74, 6) is 0. The number of hydrogen-bond donors (Lipinski definition) is 3. The molecule has 1 rings (SSSR count). The Kier molecular flexibility index (Phi) is 3.01. The Bertz CT molecular complexity index is 335. The minimum atomic E-state index is -0.0847. The van der Waals surface area contributed by atoms with Gasteiger partial charge < -0.3 is 11.1 Å². The third-order valence-electron chi connectivity index (χ3n) is 1.54. The molecule has 0 fully saturated rings. The molecule has 1 aliphatic heterocycles. The van der Waals surface area contributed by atoms with Crippen LogP contribution in [0.1, 0.15) is 6.92 Å². The van der Waals surface area contributed by atoms with Crippen LogP contribution >= 0.6 is 23.2 Å². The van der Waals surface area contributed by atoms with Crippen LogP contribution in [0.4, 0.5) is 0 Å². The van der Waals surface area contributed by atoms with E-state index in [0.29, 0.717) is 22.0 Å². The Hall–Kier alpha value is -0.930. The van der Waals surface area contributed by atoms with Crippen LogP contribution < -0.4 is 11.1 Å². The zero-order valence-electron chi connectivity index (χ0n) is 6.99. The summed E-state index contributed by atoms with van der Waals surface area (Å²) in [6.07, 6.45) is 3.19. The van der Waals surface area contributed by atoms with Crippen molar-refractivity contribution in [3.8, 4) is 0 Å². The average Bonchev–Trinajstić information content (AvgIpc) is 2.03. The Balaban J connectivity index is 3.16. The highest BCUT2D eigenvalue weighted by Crippen LogP contribution is 2.21. The quantitative estimate of drug-likeness (QED) is 0.589. The minimum Gasteiger partial charge on any atom is -0.401 e. The normalized spacial score (nSPS) is 19.9. The standard InChI is InChI=1S/C8H9Cl2N3/c1-4(11)7-6(8(10)12)2-5(9)3-13-7/h2-3,12-13H,11H2,1H3/b7-4+,12-8?. The monoisotopic (exact) mass is 217 g/mol. The molecule has 0 aromatic heterocycles. The molecule has 0 spiro atoms. The molecule has 0 aliphatic carbocycles. The van der Waals surface area contributed by atoms with Crippen LogP contribution in [0, 0.1) is 5.41 Å². The van der Waals surface area contributed by atoms with Crippen molar-refractivity contribution in [1.29, 1.82) is 5.41 Å². The molecule has 1 aliphatic rings. The number of nitrogens with one attached hydrogen (secondary N) is 2. The van der Waals surface area contributed by atoms with Crippen molar-refractivity contribution in [3.63, 3.8) is 0 Å². The Morgan fingerprint density at radius 3 is 2.69 bits per heavy atom. The van der Waals surface area contributed by atoms with Crippen LogP contribution in [0.5, 0.6) is 0 Å². The van der Waals surface area contributed by atoms with E-state index in [1.807, 2.05) is 0 Å². The third kappa shape index (κ3) is 2.26. The molecular weight excluding hydrogens is 209 g/mol. The van der Waals surface area contributed by atoms with Gasteiger partial charge in [0.2, 0.25) is 0 Å². The highest BCUT2D eigenvalue weighted by molar-refractivity contribution is 6.69. The topological polar surface area (TPSA) is 61.9 Å². The fraction of sp³-hybridized carbons (Fsp3) is 0.125. The molecule has 0 amide bonds. The van der Waals surface area contributed by atoms with Gasteiger partial charge in [0.05, 0.1) is 10.7 Å². The molecule has 0 unspecified atom stereocenters. The van der Waals surface area contributed by atoms with E-state index in [0.717, 1.165) is 0 Å². The summed E-state index contributed by atoms with van der Waals surface area (Å²) < 4.78 is 0. The van der Waals surface area contributed by atoms with Gasteiger partial charge in [0, 0.05) is 17.5 Å². The number of halogens is 2. The van der Waals surface area contributed by atoms with E-state index >= 15 is 0 Å². The van der Waals surface area contributed by atoms with Crippen LogP contribution in [0.15, 0.2) is 34.3 Å². The molecular formula is C8H9Cl2N3. The van der Waals surface area contributed by atoms with Crippen molar-refractivity contribution in [2.45, 2.75) is 6.92 Å². The van der Waals surface area contributed by atoms with Gasteiger partial charge in [-0.15, -0.1) is 0 Å². The molecule has 5 heteroatoms. The van der Waals surface area contributed by atoms with Gasteiger partial charge in [0.15, 0.2) is 0 Å². The smallest absolute Gasteiger partial charge is 0.130 e. The first-order valence-corrected chi connectivity index (χ1v) is 4.33. The number of rotatable bonds is 1. The van der Waals surface area contributed by atoms with Crippen LogP contribution in [-0.4, -0.2) is 5.17 Å². The largest absolute Gasteiger partial charge is 0.401 e. The molecule has 0 atom stereocenters. The maximum atomic E-state index is 7.28. The fourth-order valence-corrected chi connectivity index (χ4v) is 1.28. The van der Waals surface area contributed by atoms with Crippen LogP contribution in [0.3, 0.4) is 0 Å². The van der Waals surface area contributed by atoms with Crippen molar-refractivity contribution >= 4 is 28.4 Å². The number of nitrogens with two attached hydrogens (primary N) is 1. The van der Waals surface area contributed by atoms with Crippen molar-refractivity contribution in [1.82, 2.24) is 5.32 Å². The fourth-order valence-electron chi connectivity index (χ4n) is 0.970. The predicted octanol–water partition coefficient (Wildman–Crippen LogP) is 2.00. The zero-order valence-corrected chi connectivity index (χ0v) is 8.50. The summed E-state index contributed by atoms with van der Waals surface area (Å²) in [4.78, 5) is 0. The van der Waals surface area contributed by atoms with Crippen molar-refractivity contribution in [2.24, 2.45) is 5.73 Å². The maximum Gasteiger partial charge on any atom is 0.130 e. The minimum absolute atomic E-state index is 0.0847. The molecule has 13 heavy (non-hydrogen) atoms. The first-order chi connectivity index (χ1) is 6.02. The summed E-state index contributed by atoms with van der Waals surface area (Å²) in [5.41, 5.74) is 7.29. The molecule has 3 nitrogen and oxygen atoms in total. The van der Waals surface area contributed by atoms with Crippen LogP contribution in [-0.2, 0) is 0 Å². The lowest BCUT2D eigenvalue weighted by Crippen LogP contribution is -2.19. The number of allylic oxidation sites excluding steroid dienone is 4. The lowest BCUT2D eigenvalue weighted by molar-refractivity contribution is 1.02. The first-order valence-electron chi connectivity index (χ1n) is 3.57. The first kappa shape index (κ1) is 10.2. The van der Waals surface area contributed by atoms with Crippen molar-refractivity contribution in [2.75, 3.05) is 0 Å². The second-order valence-electron chi connectivity index (χ2n) is 2.60. The van der Waals surface area contributed by atoms with E-state index < -0.39 is 0 Å². The summed E-state index contributed by atoms with van der Waals surface area (Å²) in [5, 5.41) is 10.6. The molecule has 0 bridgehead atoms. The van der Waals surface area contributed by atoms with Crippen molar-refractivity contribution in [3.05, 3.63) is 34.3 Å². The molecule has 0 saturated carbocycles. The van der Waals surface area contributed by atoms with Gasteiger partial charge in [-0.1, -0.05) is 23.2 Å². The lowest BCUT2D eigenvalue weighted by Gasteiger charge is -2.16. The van der Waals surface area contributed by atoms with Gasteiger partial charge in [-0.25, -0.2) is 0 Å². The SMILES string of the molecule is C/C(N)=C1\NC=C(Cl)C=C1C(=N)Cl. The predicted molar refractivity (Wildman–Crippen MR) is 55.6 cm³/mol. The molecule has 0 radical (unpaired) electrons. The Morgan fingerprint density at radius 2 is 2.23 bits per heavy atom. The van der Waals surface area contributed by atoms with E-state index in [9.17, 15) is 0 Å². The molecule has 0 saturated heterocycles. The average molecular weight is 218 g/mol. The summed E-state index contributed by atoms with van der Waals surface area (Å²) >= 11 is 11.3. The van der Waals surface area contributed by atoms with E-state index in [2.05, 4.69) is 5.32 Å². The number of dihydropyridines is 1. The van der Waals surface area contributed by atoms with Gasteiger partial charge in [-0.05, 0) is 13.0 Å². The van der Waals surface area contributed by atoms with E-state index in [1.165, 1.54) is 0 Å². The maximum absolute atomic E-state index is 7.28. The second kappa shape index (κ2) is 3.85. The highest BCUT2D eigenvalue weighted by Gasteiger charge is 2.14. The Labute approximate surface area is 86.4 Å². The lowest BCUT2D eigenvalue weighted by atomic mass is 10.1. The molecule has 1 heterocycles. The zero-order chi connectivity index (χ0) is 10.0. The van der Waals surface area contributed by atoms with Gasteiger partial charge in [-0.2, -0.15) is 0 Å². The highest BCUT2D eigenvalue weighted by atomic mass is 35.5. The molecule has 0 aromatic carbocycles. The summed E-state index contributed by atoms with van der Waals surface area (Å²) in [6, 6.07) is 0. The molecule has 0 aromatic rings. The molecule has 70 valence electrons. The summed E-state index contributed by atoms with van der Waals surface area (Å²) in [6.45, 7) is 1.73. The van der Waals surface area contributed by atoms with Crippen molar-refractivity contribution < 1.29 is 0 Å². The van der Waals surface area contributed by atoms with Crippen LogP contribution in [0.2, 0.25) is 0 Å². The molecule has 4 N–H and O–H groups in total. The van der Waals surface area contributed by atoms with Gasteiger partial charge in [0.1, 0.15) is 5.17 Å². The second-order valence-corrected chi connectivity index (χ2v) is 3.42. The van der Waals surface area contributed by atoms with Gasteiger partial charge in [-0.3, -0.25) is 5.41 Å². The third-order valence-corrected chi connectivity index (χ3v) is 1.96. The summed E-state index contributed by atoms with van der Waals surface area (Å²) in [7, 11) is 0. The van der Waals surface area contributed by atoms with E-state index in [-0.39, 0.29) is 5.17 Å². The van der Waals surface area contributed by atoms with Gasteiger partial charge in [0.25, 0.3) is 0 Å². The van der Waals surface area contributed by atoms with Gasteiger partial charge >= 0.3 is 0 Å². The number of hydrogen-bond acceptors (Lipinski definition) is 3. The van der Waals surface area contributed by atoms with Crippen LogP contribution in [0.25, 0.3) is 0 Å². The van der Waals surface area contributed by atoms with E-state index in [4.69, 9.17) is 34.3 Å². The van der Waals surface area contributed by atoms with E-state index in [1.54, 1.807) is 19.2 Å².